The highest BCUT2D eigenvalue weighted by Crippen LogP contribution is 2.21. The molecule has 7 heteroatoms. The predicted molar refractivity (Wildman–Crippen MR) is 71.2 cm³/mol. The molecule has 0 atom stereocenters. The monoisotopic (exact) mass is 313 g/mol. The third kappa shape index (κ3) is 8.93. The van der Waals surface area contributed by atoms with Crippen LogP contribution in [0.4, 0.5) is 13.2 Å². The van der Waals surface area contributed by atoms with Gasteiger partial charge in [-0.2, -0.15) is 13.2 Å². The molecule has 126 valence electrons. The summed E-state index contributed by atoms with van der Waals surface area (Å²) in [5.74, 6) is -3.01. The van der Waals surface area contributed by atoms with Gasteiger partial charge in [0.05, 0.1) is 25.7 Å². The summed E-state index contributed by atoms with van der Waals surface area (Å²) in [6.45, 7) is 11.5. The average Bonchev–Trinajstić information content (AvgIpc) is 2.83. The van der Waals surface area contributed by atoms with Gasteiger partial charge >= 0.3 is 6.18 Å². The van der Waals surface area contributed by atoms with Crippen molar-refractivity contribution in [2.24, 2.45) is 0 Å². The van der Waals surface area contributed by atoms with Gasteiger partial charge < -0.3 is 19.1 Å². The van der Waals surface area contributed by atoms with E-state index in [0.717, 1.165) is 6.73 Å². The summed E-state index contributed by atoms with van der Waals surface area (Å²) in [5.41, 5.74) is 0. The van der Waals surface area contributed by atoms with E-state index in [1.54, 1.807) is 0 Å². The van der Waals surface area contributed by atoms with Crippen LogP contribution in [0.5, 0.6) is 0 Å². The average molecular weight is 313 g/mol. The van der Waals surface area contributed by atoms with E-state index < -0.39 is 12.1 Å². The number of carboxylic acid groups (broad SMARTS) is 1. The van der Waals surface area contributed by atoms with Crippen LogP contribution in [0, 0.1) is 0 Å². The molecule has 21 heavy (non-hydrogen) atoms. The zero-order valence-electron chi connectivity index (χ0n) is 13.0. The first-order valence-electron chi connectivity index (χ1n) is 7.38. The van der Waals surface area contributed by atoms with Crippen molar-refractivity contribution in [3.8, 4) is 0 Å². The molecule has 0 aliphatic carbocycles. The molecule has 1 rings (SSSR count). The van der Waals surface area contributed by atoms with Crippen LogP contribution in [-0.2, 0) is 9.53 Å². The van der Waals surface area contributed by atoms with Crippen molar-refractivity contribution < 1.29 is 32.3 Å². The second-order valence-electron chi connectivity index (χ2n) is 5.70. The van der Waals surface area contributed by atoms with Crippen LogP contribution in [0.1, 0.15) is 46.5 Å². The number of quaternary nitrogens is 1. The summed E-state index contributed by atoms with van der Waals surface area (Å²) in [4.78, 5) is 8.78. The van der Waals surface area contributed by atoms with Gasteiger partial charge in [-0.3, -0.25) is 0 Å². The number of alkyl halides is 3. The first-order valence-corrected chi connectivity index (χ1v) is 7.38. The molecule has 0 saturated carbocycles. The van der Waals surface area contributed by atoms with E-state index in [0.29, 0.717) is 6.10 Å². The number of carbonyl (C=O) groups is 1. The molecule has 1 aliphatic heterocycles. The van der Waals surface area contributed by atoms with Crippen molar-refractivity contribution in [2.75, 3.05) is 26.4 Å². The first kappa shape index (κ1) is 20.2. The van der Waals surface area contributed by atoms with Crippen LogP contribution in [0.25, 0.3) is 0 Å². The third-order valence-electron chi connectivity index (χ3n) is 3.41. The lowest BCUT2D eigenvalue weighted by Gasteiger charge is -2.34. The van der Waals surface area contributed by atoms with Crippen LogP contribution in [-0.4, -0.2) is 49.1 Å². The van der Waals surface area contributed by atoms with E-state index in [2.05, 4.69) is 20.8 Å². The number of likely N-dealkylation sites (tertiary alicyclic amines) is 1. The number of ether oxygens (including phenoxy) is 1. The number of hydrogen-bond acceptors (Lipinski definition) is 3. The summed E-state index contributed by atoms with van der Waals surface area (Å²) >= 11 is 0. The molecule has 4 nitrogen and oxygen atoms in total. The molecule has 0 N–H and O–H groups in total. The van der Waals surface area contributed by atoms with Crippen LogP contribution in [0.2, 0.25) is 0 Å². The minimum Gasteiger partial charge on any atom is -0.542 e. The largest absolute Gasteiger partial charge is 0.542 e. The lowest BCUT2D eigenvalue weighted by atomic mass is 10.3. The summed E-state index contributed by atoms with van der Waals surface area (Å²) < 4.78 is 38.6. The Labute approximate surface area is 124 Å². The summed E-state index contributed by atoms with van der Waals surface area (Å²) in [6, 6.07) is 0. The number of halogens is 3. The molecule has 0 unspecified atom stereocenters. The highest BCUT2D eigenvalue weighted by atomic mass is 19.4. The van der Waals surface area contributed by atoms with E-state index in [1.165, 1.54) is 49.8 Å². The number of nitrogens with zero attached hydrogens (tertiary/aromatic N) is 1. The zero-order valence-corrected chi connectivity index (χ0v) is 13.0. The molecule has 0 amide bonds. The minimum atomic E-state index is -5.19. The van der Waals surface area contributed by atoms with Crippen molar-refractivity contribution in [3.05, 3.63) is 0 Å². The molecule has 1 aliphatic rings. The first-order chi connectivity index (χ1) is 9.63. The van der Waals surface area contributed by atoms with Gasteiger partial charge in [-0.15, -0.1) is 0 Å². The van der Waals surface area contributed by atoms with E-state index in [4.69, 9.17) is 14.6 Å². The van der Waals surface area contributed by atoms with E-state index in [9.17, 15) is 13.2 Å². The Morgan fingerprint density at radius 1 is 1.29 bits per heavy atom. The van der Waals surface area contributed by atoms with Gasteiger partial charge in [0.15, 0.2) is 6.73 Å². The Morgan fingerprint density at radius 3 is 2.10 bits per heavy atom. The van der Waals surface area contributed by atoms with Gasteiger partial charge in [-0.25, -0.2) is 0 Å². The standard InChI is InChI=1S/C12H26NO.C2HF3O2/c1-4-5-8-13(9-6-7-10-13)11-14-12(2)3;3-2(4,5)1(6)7/h12H,4-11H2,1-3H3;(H,6,7)/q+1;/p-1. The molecular weight excluding hydrogens is 287 g/mol. The van der Waals surface area contributed by atoms with Crippen molar-refractivity contribution in [1.29, 1.82) is 0 Å². The molecule has 0 bridgehead atoms. The molecule has 0 aromatic heterocycles. The van der Waals surface area contributed by atoms with Crippen LogP contribution >= 0.6 is 0 Å². The molecular formula is C14H26F3NO3. The summed E-state index contributed by atoms with van der Waals surface area (Å²) in [5, 5.41) is 8.78. The van der Waals surface area contributed by atoms with Gasteiger partial charge in [-0.1, -0.05) is 13.3 Å². The Kier molecular flexibility index (Phi) is 8.89. The zero-order chi connectivity index (χ0) is 16.5. The summed E-state index contributed by atoms with van der Waals surface area (Å²) in [7, 11) is 0. The smallest absolute Gasteiger partial charge is 0.430 e. The molecule has 0 spiro atoms. The fourth-order valence-corrected chi connectivity index (χ4v) is 2.22. The van der Waals surface area contributed by atoms with Gasteiger partial charge in [0, 0.05) is 12.8 Å². The lowest BCUT2D eigenvalue weighted by Crippen LogP contribution is -2.48. The normalized spacial score (nSPS) is 17.5. The predicted octanol–water partition coefficient (Wildman–Crippen LogP) is 2.08. The Morgan fingerprint density at radius 2 is 1.76 bits per heavy atom. The van der Waals surface area contributed by atoms with Crippen LogP contribution in [0.3, 0.4) is 0 Å². The summed E-state index contributed by atoms with van der Waals surface area (Å²) in [6.07, 6.45) is 0.631. The number of hydrogen-bond donors (Lipinski definition) is 0. The second kappa shape index (κ2) is 9.25. The highest BCUT2D eigenvalue weighted by molar-refractivity contribution is 5.70. The fraction of sp³-hybridized carbons (Fsp3) is 0.929. The van der Waals surface area contributed by atoms with Crippen molar-refractivity contribution in [3.63, 3.8) is 0 Å². The molecule has 1 saturated heterocycles. The molecule has 0 aromatic carbocycles. The number of carbonyl (C=O) groups excluding carboxylic acids is 1. The maximum absolute atomic E-state index is 10.5. The van der Waals surface area contributed by atoms with Gasteiger partial charge in [0.25, 0.3) is 0 Å². The number of aliphatic carboxylic acids is 1. The second-order valence-corrected chi connectivity index (χ2v) is 5.70. The number of rotatable bonds is 6. The van der Waals surface area contributed by atoms with E-state index >= 15 is 0 Å². The Bertz CT molecular complexity index is 300. The molecule has 1 heterocycles. The molecule has 0 radical (unpaired) electrons. The van der Waals surface area contributed by atoms with Gasteiger partial charge in [-0.05, 0) is 20.3 Å². The Balaban J connectivity index is 0.000000486. The molecule has 1 fully saturated rings. The van der Waals surface area contributed by atoms with Crippen LogP contribution in [0.15, 0.2) is 0 Å². The molecule has 0 aromatic rings. The maximum atomic E-state index is 10.5. The maximum Gasteiger partial charge on any atom is 0.430 e. The minimum absolute atomic E-state index is 0.382. The quantitative estimate of drug-likeness (QED) is 0.706. The van der Waals surface area contributed by atoms with Crippen molar-refractivity contribution >= 4 is 5.97 Å². The third-order valence-corrected chi connectivity index (χ3v) is 3.41. The van der Waals surface area contributed by atoms with E-state index in [1.807, 2.05) is 0 Å². The number of unbranched alkanes of at least 4 members (excludes halogenated alkanes) is 1. The SMILES string of the molecule is CCCC[N+]1(COC(C)C)CCCC1.O=C([O-])C(F)(F)F. The fourth-order valence-electron chi connectivity index (χ4n) is 2.22. The Hall–Kier alpha value is -0.820. The van der Waals surface area contributed by atoms with Gasteiger partial charge in [0.2, 0.25) is 0 Å². The van der Waals surface area contributed by atoms with E-state index in [-0.39, 0.29) is 0 Å². The van der Waals surface area contributed by atoms with Crippen molar-refractivity contribution in [1.82, 2.24) is 0 Å². The topological polar surface area (TPSA) is 49.4 Å². The lowest BCUT2D eigenvalue weighted by molar-refractivity contribution is -0.935. The van der Waals surface area contributed by atoms with Crippen molar-refractivity contribution in [2.45, 2.75) is 58.7 Å². The number of carboxylic acids is 1. The van der Waals surface area contributed by atoms with Crippen LogP contribution < -0.4 is 5.11 Å². The highest BCUT2D eigenvalue weighted by Gasteiger charge is 2.31. The van der Waals surface area contributed by atoms with Gasteiger partial charge in [0.1, 0.15) is 5.97 Å².